The Morgan fingerprint density at radius 3 is 2.50 bits per heavy atom. The number of anilines is 5. The van der Waals surface area contributed by atoms with Gasteiger partial charge in [-0.05, 0) is 61.7 Å². The van der Waals surface area contributed by atoms with Gasteiger partial charge in [0.2, 0.25) is 5.95 Å². The minimum Gasteiger partial charge on any atom is -0.497 e. The molecule has 1 aromatic heterocycles. The first-order valence-corrected chi connectivity index (χ1v) is 9.66. The summed E-state index contributed by atoms with van der Waals surface area (Å²) in [5, 5.41) is 6.56. The molecule has 3 aromatic rings. The van der Waals surface area contributed by atoms with Gasteiger partial charge in [0.15, 0.2) is 0 Å². The topological polar surface area (TPSA) is 62.3 Å². The average Bonchev–Trinajstić information content (AvgIpc) is 2.75. The fourth-order valence-electron chi connectivity index (χ4n) is 3.37. The van der Waals surface area contributed by atoms with Gasteiger partial charge in [0.1, 0.15) is 11.6 Å². The van der Waals surface area contributed by atoms with E-state index in [1.807, 2.05) is 30.3 Å². The Balaban J connectivity index is 1.42. The van der Waals surface area contributed by atoms with Crippen LogP contribution in [0.2, 0.25) is 0 Å². The third-order valence-corrected chi connectivity index (χ3v) is 4.84. The Kier molecular flexibility index (Phi) is 5.56. The van der Waals surface area contributed by atoms with Gasteiger partial charge >= 0.3 is 0 Å². The number of nitrogens with zero attached hydrogens (tertiary/aromatic N) is 3. The quantitative estimate of drug-likeness (QED) is 0.635. The Morgan fingerprint density at radius 1 is 0.893 bits per heavy atom. The van der Waals surface area contributed by atoms with E-state index in [0.29, 0.717) is 5.95 Å². The van der Waals surface area contributed by atoms with E-state index in [2.05, 4.69) is 49.8 Å². The zero-order valence-corrected chi connectivity index (χ0v) is 16.1. The Hall–Kier alpha value is -3.28. The molecule has 0 bridgehead atoms. The molecule has 0 saturated carbocycles. The van der Waals surface area contributed by atoms with Gasteiger partial charge in [0.25, 0.3) is 0 Å². The average molecular weight is 375 g/mol. The van der Waals surface area contributed by atoms with Crippen LogP contribution >= 0.6 is 0 Å². The van der Waals surface area contributed by atoms with E-state index in [0.717, 1.165) is 36.0 Å². The van der Waals surface area contributed by atoms with E-state index < -0.39 is 0 Å². The lowest BCUT2D eigenvalue weighted by Crippen LogP contribution is -2.29. The van der Waals surface area contributed by atoms with E-state index in [1.54, 1.807) is 13.3 Å². The fraction of sp³-hybridized carbons (Fsp3) is 0.273. The van der Waals surface area contributed by atoms with Gasteiger partial charge in [-0.1, -0.05) is 6.07 Å². The minimum atomic E-state index is 0.531. The lowest BCUT2D eigenvalue weighted by Gasteiger charge is -2.28. The van der Waals surface area contributed by atoms with Crippen molar-refractivity contribution in [1.82, 2.24) is 9.97 Å². The number of methoxy groups -OCH3 is 1. The maximum atomic E-state index is 5.25. The van der Waals surface area contributed by atoms with E-state index in [9.17, 15) is 0 Å². The molecule has 4 rings (SSSR count). The van der Waals surface area contributed by atoms with Crippen LogP contribution in [0.15, 0.2) is 60.8 Å². The van der Waals surface area contributed by atoms with Crippen LogP contribution in [0.1, 0.15) is 19.3 Å². The number of aromatic nitrogens is 2. The smallest absolute Gasteiger partial charge is 0.229 e. The van der Waals surface area contributed by atoms with Gasteiger partial charge in [0, 0.05) is 42.4 Å². The summed E-state index contributed by atoms with van der Waals surface area (Å²) in [5.74, 6) is 2.06. The second kappa shape index (κ2) is 8.61. The van der Waals surface area contributed by atoms with Gasteiger partial charge in [0.05, 0.1) is 7.11 Å². The number of rotatable bonds is 6. The van der Waals surface area contributed by atoms with E-state index in [4.69, 9.17) is 4.74 Å². The number of piperidine rings is 1. The summed E-state index contributed by atoms with van der Waals surface area (Å²) in [4.78, 5) is 11.3. The van der Waals surface area contributed by atoms with E-state index >= 15 is 0 Å². The predicted octanol–water partition coefficient (Wildman–Crippen LogP) is 4.96. The fourth-order valence-corrected chi connectivity index (χ4v) is 3.37. The summed E-state index contributed by atoms with van der Waals surface area (Å²) in [6.07, 6.45) is 5.64. The van der Waals surface area contributed by atoms with Crippen molar-refractivity contribution in [2.45, 2.75) is 19.3 Å². The van der Waals surface area contributed by atoms with Crippen LogP contribution in [0.4, 0.5) is 28.8 Å². The van der Waals surface area contributed by atoms with Gasteiger partial charge in [-0.15, -0.1) is 0 Å². The molecule has 1 saturated heterocycles. The van der Waals surface area contributed by atoms with Gasteiger partial charge in [-0.3, -0.25) is 0 Å². The summed E-state index contributed by atoms with van der Waals surface area (Å²) in [6.45, 7) is 2.30. The van der Waals surface area contributed by atoms with Crippen molar-refractivity contribution in [3.8, 4) is 5.75 Å². The van der Waals surface area contributed by atoms with Crippen LogP contribution in [0, 0.1) is 0 Å². The first-order chi connectivity index (χ1) is 13.8. The second-order valence-electron chi connectivity index (χ2n) is 6.84. The van der Waals surface area contributed by atoms with Crippen LogP contribution in [-0.2, 0) is 0 Å². The molecule has 1 aliphatic rings. The number of hydrogen-bond donors (Lipinski definition) is 2. The molecule has 1 fully saturated rings. The summed E-state index contributed by atoms with van der Waals surface area (Å²) in [5.41, 5.74) is 3.17. The van der Waals surface area contributed by atoms with Crippen molar-refractivity contribution in [2.24, 2.45) is 0 Å². The molecular formula is C22H25N5O. The molecule has 2 aromatic carbocycles. The number of ether oxygens (including phenoxy) is 1. The van der Waals surface area contributed by atoms with Crippen LogP contribution in [0.3, 0.4) is 0 Å². The van der Waals surface area contributed by atoms with Crippen molar-refractivity contribution in [1.29, 1.82) is 0 Å². The van der Waals surface area contributed by atoms with Crippen molar-refractivity contribution in [3.63, 3.8) is 0 Å². The van der Waals surface area contributed by atoms with E-state index in [1.165, 1.54) is 24.9 Å². The zero-order chi connectivity index (χ0) is 19.2. The summed E-state index contributed by atoms with van der Waals surface area (Å²) in [7, 11) is 1.65. The second-order valence-corrected chi connectivity index (χ2v) is 6.84. The van der Waals surface area contributed by atoms with Crippen molar-refractivity contribution >= 4 is 28.8 Å². The van der Waals surface area contributed by atoms with Crippen LogP contribution in [0.5, 0.6) is 5.75 Å². The van der Waals surface area contributed by atoms with Gasteiger partial charge in [-0.2, -0.15) is 4.98 Å². The Morgan fingerprint density at radius 2 is 1.71 bits per heavy atom. The molecule has 0 radical (unpaired) electrons. The monoisotopic (exact) mass is 375 g/mol. The molecule has 144 valence electrons. The molecule has 6 nitrogen and oxygen atoms in total. The first kappa shape index (κ1) is 18.1. The third-order valence-electron chi connectivity index (χ3n) is 4.84. The van der Waals surface area contributed by atoms with Crippen LogP contribution < -0.4 is 20.3 Å². The minimum absolute atomic E-state index is 0.531. The molecule has 2 N–H and O–H groups in total. The van der Waals surface area contributed by atoms with Gasteiger partial charge < -0.3 is 20.3 Å². The Bertz CT molecular complexity index is 907. The maximum Gasteiger partial charge on any atom is 0.229 e. The highest BCUT2D eigenvalue weighted by Crippen LogP contribution is 2.24. The maximum absolute atomic E-state index is 5.25. The molecule has 0 aliphatic carbocycles. The summed E-state index contributed by atoms with van der Waals surface area (Å²) in [6, 6.07) is 18.1. The lowest BCUT2D eigenvalue weighted by atomic mass is 10.1. The van der Waals surface area contributed by atoms with Crippen molar-refractivity contribution in [3.05, 3.63) is 60.8 Å². The standard InChI is InChI=1S/C22H25N5O/c1-28-20-7-5-6-18(16-20)25-22-23-13-12-21(26-22)24-17-8-10-19(11-9-17)27-14-3-2-4-15-27/h5-13,16H,2-4,14-15H2,1H3,(H2,23,24,25,26). The lowest BCUT2D eigenvalue weighted by molar-refractivity contribution is 0.415. The van der Waals surface area contributed by atoms with Crippen molar-refractivity contribution in [2.75, 3.05) is 35.7 Å². The predicted molar refractivity (Wildman–Crippen MR) is 114 cm³/mol. The highest BCUT2D eigenvalue weighted by molar-refractivity contribution is 5.62. The summed E-state index contributed by atoms with van der Waals surface area (Å²) >= 11 is 0. The molecule has 1 aliphatic heterocycles. The molecule has 28 heavy (non-hydrogen) atoms. The normalized spacial score (nSPS) is 13.8. The third kappa shape index (κ3) is 4.52. The SMILES string of the molecule is COc1cccc(Nc2nccc(Nc3ccc(N4CCCCC4)cc3)n2)c1. The molecule has 0 atom stereocenters. The highest BCUT2D eigenvalue weighted by Gasteiger charge is 2.10. The number of nitrogens with one attached hydrogen (secondary N) is 2. The summed E-state index contributed by atoms with van der Waals surface area (Å²) < 4.78 is 5.25. The van der Waals surface area contributed by atoms with Crippen molar-refractivity contribution < 1.29 is 4.74 Å². The van der Waals surface area contributed by atoms with Crippen LogP contribution in [-0.4, -0.2) is 30.2 Å². The molecule has 0 amide bonds. The molecule has 6 heteroatoms. The number of hydrogen-bond acceptors (Lipinski definition) is 6. The molecule has 2 heterocycles. The zero-order valence-electron chi connectivity index (χ0n) is 16.1. The molecular weight excluding hydrogens is 350 g/mol. The van der Waals surface area contributed by atoms with Gasteiger partial charge in [-0.25, -0.2) is 4.98 Å². The molecule has 0 unspecified atom stereocenters. The number of benzene rings is 2. The first-order valence-electron chi connectivity index (χ1n) is 9.66. The van der Waals surface area contributed by atoms with Crippen LogP contribution in [0.25, 0.3) is 0 Å². The van der Waals surface area contributed by atoms with E-state index in [-0.39, 0.29) is 0 Å². The highest BCUT2D eigenvalue weighted by atomic mass is 16.5. The largest absolute Gasteiger partial charge is 0.497 e. The molecule has 0 spiro atoms. The Labute approximate surface area is 165 Å².